The molecule has 5 heteroatoms. The summed E-state index contributed by atoms with van der Waals surface area (Å²) >= 11 is 0. The summed E-state index contributed by atoms with van der Waals surface area (Å²) in [5.41, 5.74) is -0.556. The van der Waals surface area contributed by atoms with Crippen molar-refractivity contribution in [2.45, 2.75) is 0 Å². The first-order valence-electron chi connectivity index (χ1n) is 4.70. The van der Waals surface area contributed by atoms with Crippen LogP contribution in [0.1, 0.15) is 10.4 Å². The van der Waals surface area contributed by atoms with E-state index in [1.165, 1.54) is 13.2 Å². The minimum atomic E-state index is -0.875. The molecule has 0 fully saturated rings. The highest BCUT2D eigenvalue weighted by atomic mass is 19.1. The summed E-state index contributed by atoms with van der Waals surface area (Å²) in [6, 6.07) is 3.27. The molecule has 0 aliphatic carbocycles. The molecule has 0 saturated heterocycles. The highest BCUT2D eigenvalue weighted by Crippen LogP contribution is 2.12. The third-order valence-corrected chi connectivity index (χ3v) is 1.91. The van der Waals surface area contributed by atoms with E-state index in [0.717, 1.165) is 12.1 Å². The second-order valence-corrected chi connectivity index (χ2v) is 3.07. The summed E-state index contributed by atoms with van der Waals surface area (Å²) < 4.78 is 35.9. The van der Waals surface area contributed by atoms with E-state index in [0.29, 0.717) is 6.61 Å². The van der Waals surface area contributed by atoms with Crippen molar-refractivity contribution < 1.29 is 23.0 Å². The first-order valence-corrected chi connectivity index (χ1v) is 4.70. The second-order valence-electron chi connectivity index (χ2n) is 3.07. The summed E-state index contributed by atoms with van der Waals surface area (Å²) in [5, 5.41) is 0. The van der Waals surface area contributed by atoms with Crippen LogP contribution in [0.3, 0.4) is 0 Å². The van der Waals surface area contributed by atoms with E-state index in [4.69, 9.17) is 9.47 Å². The van der Waals surface area contributed by atoms with Crippen LogP contribution in [0.2, 0.25) is 0 Å². The van der Waals surface area contributed by atoms with Gasteiger partial charge < -0.3 is 9.47 Å². The molecule has 0 aromatic heterocycles. The Balaban J connectivity index is 2.59. The van der Waals surface area contributed by atoms with E-state index in [2.05, 4.69) is 0 Å². The molecule has 1 aromatic rings. The molecule has 0 amide bonds. The molecule has 0 saturated carbocycles. The summed E-state index contributed by atoms with van der Waals surface area (Å²) in [6.45, 7) is 0.173. The van der Waals surface area contributed by atoms with Gasteiger partial charge in [-0.25, -0.2) is 8.78 Å². The van der Waals surface area contributed by atoms with E-state index >= 15 is 0 Å². The minimum absolute atomic E-state index is 0.207. The third-order valence-electron chi connectivity index (χ3n) is 1.91. The number of carbonyl (C=O) groups is 1. The predicted molar refractivity (Wildman–Crippen MR) is 53.4 cm³/mol. The number of methoxy groups -OCH3 is 1. The Morgan fingerprint density at radius 2 is 1.88 bits per heavy atom. The Hall–Kier alpha value is -1.33. The van der Waals surface area contributed by atoms with Crippen molar-refractivity contribution in [2.24, 2.45) is 0 Å². The Kier molecular flexibility index (Phi) is 5.01. The maximum atomic E-state index is 13.1. The van der Waals surface area contributed by atoms with Gasteiger partial charge in [-0.3, -0.25) is 4.79 Å². The van der Waals surface area contributed by atoms with Crippen LogP contribution in [0.4, 0.5) is 8.78 Å². The standard InChI is InChI=1S/C11H12F2O3/c1-15-5-6-16-7-10(14)11-8(12)3-2-4-9(11)13/h2-4H,5-7H2,1H3. The Labute approximate surface area is 92.0 Å². The molecule has 0 atom stereocenters. The molecule has 0 radical (unpaired) electrons. The van der Waals surface area contributed by atoms with Crippen molar-refractivity contribution >= 4 is 5.78 Å². The van der Waals surface area contributed by atoms with E-state index in [-0.39, 0.29) is 13.2 Å². The largest absolute Gasteiger partial charge is 0.382 e. The van der Waals surface area contributed by atoms with Gasteiger partial charge in [0.2, 0.25) is 0 Å². The third kappa shape index (κ3) is 3.36. The lowest BCUT2D eigenvalue weighted by atomic mass is 10.1. The SMILES string of the molecule is COCCOCC(=O)c1c(F)cccc1F. The van der Waals surface area contributed by atoms with Gasteiger partial charge in [-0.05, 0) is 12.1 Å². The maximum Gasteiger partial charge on any atom is 0.194 e. The molecule has 0 unspecified atom stereocenters. The van der Waals surface area contributed by atoms with Gasteiger partial charge in [0.05, 0.1) is 18.8 Å². The van der Waals surface area contributed by atoms with Crippen LogP contribution in [-0.4, -0.2) is 32.7 Å². The van der Waals surface area contributed by atoms with Crippen LogP contribution in [0.15, 0.2) is 18.2 Å². The number of ketones is 1. The van der Waals surface area contributed by atoms with Crippen LogP contribution in [-0.2, 0) is 9.47 Å². The molecule has 0 bridgehead atoms. The molecular weight excluding hydrogens is 218 g/mol. The fourth-order valence-corrected chi connectivity index (χ4v) is 1.14. The van der Waals surface area contributed by atoms with Crippen molar-refractivity contribution in [1.82, 2.24) is 0 Å². The summed E-state index contributed by atoms with van der Waals surface area (Å²) in [6.07, 6.45) is 0. The van der Waals surface area contributed by atoms with Gasteiger partial charge in [0.15, 0.2) is 5.78 Å². The van der Waals surface area contributed by atoms with Crippen LogP contribution in [0.5, 0.6) is 0 Å². The first kappa shape index (κ1) is 12.7. The zero-order chi connectivity index (χ0) is 12.0. The Bertz CT molecular complexity index is 346. The average Bonchev–Trinajstić information content (AvgIpc) is 2.24. The number of ether oxygens (including phenoxy) is 2. The Morgan fingerprint density at radius 3 is 2.44 bits per heavy atom. The number of carbonyl (C=O) groups excluding carboxylic acids is 1. The van der Waals surface area contributed by atoms with Crippen molar-refractivity contribution in [1.29, 1.82) is 0 Å². The summed E-state index contributed by atoms with van der Waals surface area (Å²) in [7, 11) is 1.49. The molecule has 1 aromatic carbocycles. The zero-order valence-electron chi connectivity index (χ0n) is 8.83. The number of Topliss-reactive ketones (excluding diaryl/α,β-unsaturated/α-hetero) is 1. The van der Waals surface area contributed by atoms with Crippen molar-refractivity contribution in [3.63, 3.8) is 0 Å². The topological polar surface area (TPSA) is 35.5 Å². The predicted octanol–water partition coefficient (Wildman–Crippen LogP) is 1.81. The smallest absolute Gasteiger partial charge is 0.194 e. The fourth-order valence-electron chi connectivity index (χ4n) is 1.14. The second kappa shape index (κ2) is 6.30. The van der Waals surface area contributed by atoms with E-state index in [1.54, 1.807) is 0 Å². The van der Waals surface area contributed by atoms with E-state index in [9.17, 15) is 13.6 Å². The monoisotopic (exact) mass is 230 g/mol. The normalized spacial score (nSPS) is 10.4. The average molecular weight is 230 g/mol. The van der Waals surface area contributed by atoms with Gasteiger partial charge in [0.1, 0.15) is 18.2 Å². The van der Waals surface area contributed by atoms with Gasteiger partial charge >= 0.3 is 0 Å². The quantitative estimate of drug-likeness (QED) is 0.552. The molecule has 0 aliphatic heterocycles. The zero-order valence-corrected chi connectivity index (χ0v) is 8.83. The lowest BCUT2D eigenvalue weighted by molar-refractivity contribution is 0.0571. The lowest BCUT2D eigenvalue weighted by Crippen LogP contribution is -2.15. The van der Waals surface area contributed by atoms with Crippen molar-refractivity contribution in [3.8, 4) is 0 Å². The number of rotatable bonds is 6. The van der Waals surface area contributed by atoms with Crippen LogP contribution < -0.4 is 0 Å². The maximum absolute atomic E-state index is 13.1. The van der Waals surface area contributed by atoms with Crippen molar-refractivity contribution in [3.05, 3.63) is 35.4 Å². The Morgan fingerprint density at radius 1 is 1.25 bits per heavy atom. The fraction of sp³-hybridized carbons (Fsp3) is 0.364. The highest BCUT2D eigenvalue weighted by molar-refractivity contribution is 5.97. The molecule has 16 heavy (non-hydrogen) atoms. The van der Waals surface area contributed by atoms with Gasteiger partial charge in [-0.15, -0.1) is 0 Å². The van der Waals surface area contributed by atoms with Crippen LogP contribution in [0.25, 0.3) is 0 Å². The molecule has 3 nitrogen and oxygen atoms in total. The number of benzene rings is 1. The lowest BCUT2D eigenvalue weighted by Gasteiger charge is -2.05. The molecule has 88 valence electrons. The summed E-state index contributed by atoms with van der Waals surface area (Å²) in [4.78, 5) is 11.4. The number of hydrogen-bond acceptors (Lipinski definition) is 3. The van der Waals surface area contributed by atoms with E-state index < -0.39 is 23.0 Å². The van der Waals surface area contributed by atoms with Crippen LogP contribution >= 0.6 is 0 Å². The van der Waals surface area contributed by atoms with Gasteiger partial charge in [0.25, 0.3) is 0 Å². The minimum Gasteiger partial charge on any atom is -0.382 e. The first-order chi connectivity index (χ1) is 7.66. The number of halogens is 2. The molecule has 0 N–H and O–H groups in total. The molecule has 0 heterocycles. The highest BCUT2D eigenvalue weighted by Gasteiger charge is 2.16. The van der Waals surface area contributed by atoms with Crippen LogP contribution in [0, 0.1) is 11.6 Å². The van der Waals surface area contributed by atoms with Gasteiger partial charge in [0, 0.05) is 7.11 Å². The van der Waals surface area contributed by atoms with E-state index in [1.807, 2.05) is 0 Å². The molecule has 0 aliphatic rings. The van der Waals surface area contributed by atoms with Crippen molar-refractivity contribution in [2.75, 3.05) is 26.9 Å². The molecule has 0 spiro atoms. The molecular formula is C11H12F2O3. The van der Waals surface area contributed by atoms with Gasteiger partial charge in [-0.1, -0.05) is 6.07 Å². The molecule has 1 rings (SSSR count). The van der Waals surface area contributed by atoms with Gasteiger partial charge in [-0.2, -0.15) is 0 Å². The summed E-state index contributed by atoms with van der Waals surface area (Å²) in [5.74, 6) is -2.47. The number of hydrogen-bond donors (Lipinski definition) is 0.